The van der Waals surface area contributed by atoms with Gasteiger partial charge in [-0.15, -0.1) is 11.8 Å². The SMILES string of the molecule is CCC(C(=O)NC(C)C)N(Cc1ccc(Cl)cc1Cl)C(=O)CCCSc1ccc(Cl)cc1. The summed E-state index contributed by atoms with van der Waals surface area (Å²) >= 11 is 20.0. The van der Waals surface area contributed by atoms with Crippen molar-refractivity contribution in [2.24, 2.45) is 0 Å². The molecule has 0 aromatic heterocycles. The fraction of sp³-hybridized carbons (Fsp3) is 0.417. The predicted octanol–water partition coefficient (Wildman–Crippen LogP) is 6.85. The van der Waals surface area contributed by atoms with E-state index in [0.717, 1.165) is 16.2 Å². The van der Waals surface area contributed by atoms with Gasteiger partial charge in [0.2, 0.25) is 11.8 Å². The molecular formula is C24H29Cl3N2O2S. The summed E-state index contributed by atoms with van der Waals surface area (Å²) in [7, 11) is 0. The van der Waals surface area contributed by atoms with Gasteiger partial charge in [-0.25, -0.2) is 0 Å². The summed E-state index contributed by atoms with van der Waals surface area (Å²) in [6.45, 7) is 5.97. The van der Waals surface area contributed by atoms with Gasteiger partial charge in [-0.05, 0) is 74.4 Å². The molecule has 0 spiro atoms. The van der Waals surface area contributed by atoms with Gasteiger partial charge in [0.05, 0.1) is 0 Å². The Morgan fingerprint density at radius 3 is 2.28 bits per heavy atom. The Morgan fingerprint density at radius 1 is 1.03 bits per heavy atom. The fourth-order valence-corrected chi connectivity index (χ4v) is 4.67. The van der Waals surface area contributed by atoms with Gasteiger partial charge in [0, 0.05) is 39.0 Å². The Labute approximate surface area is 210 Å². The van der Waals surface area contributed by atoms with Gasteiger partial charge in [0.15, 0.2) is 0 Å². The second kappa shape index (κ2) is 13.3. The smallest absolute Gasteiger partial charge is 0.243 e. The fourth-order valence-electron chi connectivity index (χ4n) is 3.22. The van der Waals surface area contributed by atoms with E-state index in [0.29, 0.717) is 34.3 Å². The number of thioether (sulfide) groups is 1. The summed E-state index contributed by atoms with van der Waals surface area (Å²) in [6, 6.07) is 12.2. The van der Waals surface area contributed by atoms with Gasteiger partial charge in [-0.3, -0.25) is 9.59 Å². The van der Waals surface area contributed by atoms with Crippen LogP contribution in [0.1, 0.15) is 45.6 Å². The lowest BCUT2D eigenvalue weighted by molar-refractivity contribution is -0.141. The van der Waals surface area contributed by atoms with E-state index < -0.39 is 6.04 Å². The van der Waals surface area contributed by atoms with Crippen molar-refractivity contribution >= 4 is 58.4 Å². The largest absolute Gasteiger partial charge is 0.352 e. The first-order chi connectivity index (χ1) is 15.2. The van der Waals surface area contributed by atoms with E-state index in [1.165, 1.54) is 0 Å². The first kappa shape index (κ1) is 26.8. The van der Waals surface area contributed by atoms with Crippen LogP contribution in [0.15, 0.2) is 47.4 Å². The summed E-state index contributed by atoms with van der Waals surface area (Å²) in [5.74, 6) is 0.563. The normalized spacial score (nSPS) is 12.0. The van der Waals surface area contributed by atoms with Gasteiger partial charge in [0.1, 0.15) is 6.04 Å². The van der Waals surface area contributed by atoms with Crippen molar-refractivity contribution in [1.29, 1.82) is 0 Å². The molecule has 0 radical (unpaired) electrons. The molecule has 4 nitrogen and oxygen atoms in total. The molecule has 2 aromatic rings. The van der Waals surface area contributed by atoms with Crippen LogP contribution in [0.3, 0.4) is 0 Å². The molecule has 0 saturated carbocycles. The number of hydrogen-bond acceptors (Lipinski definition) is 3. The van der Waals surface area contributed by atoms with Crippen LogP contribution in [0, 0.1) is 0 Å². The summed E-state index contributed by atoms with van der Waals surface area (Å²) in [4.78, 5) is 28.8. The quantitative estimate of drug-likeness (QED) is 0.263. The van der Waals surface area contributed by atoms with Crippen molar-refractivity contribution < 1.29 is 9.59 Å². The van der Waals surface area contributed by atoms with Crippen molar-refractivity contribution in [2.75, 3.05) is 5.75 Å². The predicted molar refractivity (Wildman–Crippen MR) is 136 cm³/mol. The first-order valence-electron chi connectivity index (χ1n) is 10.6. The Hall–Kier alpha value is -1.40. The van der Waals surface area contributed by atoms with Crippen LogP contribution in [0.25, 0.3) is 0 Å². The lowest BCUT2D eigenvalue weighted by Crippen LogP contribution is -2.50. The van der Waals surface area contributed by atoms with E-state index in [1.54, 1.807) is 34.9 Å². The van der Waals surface area contributed by atoms with Crippen molar-refractivity contribution in [1.82, 2.24) is 10.2 Å². The molecule has 2 amide bonds. The molecule has 1 atom stereocenters. The van der Waals surface area contributed by atoms with E-state index in [2.05, 4.69) is 5.32 Å². The lowest BCUT2D eigenvalue weighted by Gasteiger charge is -2.31. The average Bonchev–Trinajstić information content (AvgIpc) is 2.73. The molecule has 1 unspecified atom stereocenters. The highest BCUT2D eigenvalue weighted by Gasteiger charge is 2.29. The zero-order chi connectivity index (χ0) is 23.7. The molecule has 0 aliphatic carbocycles. The van der Waals surface area contributed by atoms with Crippen LogP contribution in [-0.2, 0) is 16.1 Å². The van der Waals surface area contributed by atoms with Crippen molar-refractivity contribution in [3.05, 3.63) is 63.1 Å². The van der Waals surface area contributed by atoms with Crippen LogP contribution in [-0.4, -0.2) is 34.6 Å². The second-order valence-electron chi connectivity index (χ2n) is 7.75. The summed E-state index contributed by atoms with van der Waals surface area (Å²) in [6.07, 6.45) is 1.55. The number of benzene rings is 2. The van der Waals surface area contributed by atoms with Crippen LogP contribution < -0.4 is 5.32 Å². The average molecular weight is 516 g/mol. The monoisotopic (exact) mass is 514 g/mol. The first-order valence-corrected chi connectivity index (χ1v) is 12.7. The molecule has 0 bridgehead atoms. The molecule has 32 heavy (non-hydrogen) atoms. The highest BCUT2D eigenvalue weighted by molar-refractivity contribution is 7.99. The van der Waals surface area contributed by atoms with Crippen LogP contribution in [0.4, 0.5) is 0 Å². The third-order valence-electron chi connectivity index (χ3n) is 4.79. The molecule has 2 aromatic carbocycles. The van der Waals surface area contributed by atoms with Crippen molar-refractivity contribution in [3.8, 4) is 0 Å². The van der Waals surface area contributed by atoms with Crippen LogP contribution in [0.5, 0.6) is 0 Å². The van der Waals surface area contributed by atoms with E-state index in [9.17, 15) is 9.59 Å². The maximum absolute atomic E-state index is 13.2. The Balaban J connectivity index is 2.09. The van der Waals surface area contributed by atoms with E-state index in [1.807, 2.05) is 45.0 Å². The minimum absolute atomic E-state index is 0.0107. The maximum atomic E-state index is 13.2. The Morgan fingerprint density at radius 2 is 1.69 bits per heavy atom. The highest BCUT2D eigenvalue weighted by Crippen LogP contribution is 2.25. The molecule has 2 rings (SSSR count). The van der Waals surface area contributed by atoms with E-state index in [4.69, 9.17) is 34.8 Å². The Kier molecular flexibility index (Phi) is 11.2. The zero-order valence-corrected chi connectivity index (χ0v) is 21.6. The Bertz CT molecular complexity index is 907. The maximum Gasteiger partial charge on any atom is 0.243 e. The summed E-state index contributed by atoms with van der Waals surface area (Å²) < 4.78 is 0. The van der Waals surface area contributed by atoms with Gasteiger partial charge < -0.3 is 10.2 Å². The van der Waals surface area contributed by atoms with Gasteiger partial charge in [-0.1, -0.05) is 47.8 Å². The van der Waals surface area contributed by atoms with E-state index >= 15 is 0 Å². The third-order valence-corrected chi connectivity index (χ3v) is 6.73. The number of nitrogens with one attached hydrogen (secondary N) is 1. The molecule has 0 saturated heterocycles. The van der Waals surface area contributed by atoms with Crippen molar-refractivity contribution in [3.63, 3.8) is 0 Å². The number of carbonyl (C=O) groups excluding carboxylic acids is 2. The van der Waals surface area contributed by atoms with Crippen molar-refractivity contribution in [2.45, 2.75) is 63.6 Å². The number of amides is 2. The second-order valence-corrected chi connectivity index (χ2v) is 10.2. The highest BCUT2D eigenvalue weighted by atomic mass is 35.5. The molecule has 0 heterocycles. The minimum atomic E-state index is -0.569. The number of halogens is 3. The minimum Gasteiger partial charge on any atom is -0.352 e. The molecule has 174 valence electrons. The number of carbonyl (C=O) groups is 2. The number of rotatable bonds is 11. The third kappa shape index (κ3) is 8.51. The molecule has 0 aliphatic rings. The van der Waals surface area contributed by atoms with Gasteiger partial charge in [0.25, 0.3) is 0 Å². The van der Waals surface area contributed by atoms with Gasteiger partial charge >= 0.3 is 0 Å². The number of hydrogen-bond donors (Lipinski definition) is 1. The topological polar surface area (TPSA) is 49.4 Å². The van der Waals surface area contributed by atoms with E-state index in [-0.39, 0.29) is 24.4 Å². The lowest BCUT2D eigenvalue weighted by atomic mass is 10.1. The summed E-state index contributed by atoms with van der Waals surface area (Å²) in [5.41, 5.74) is 0.760. The van der Waals surface area contributed by atoms with Gasteiger partial charge in [-0.2, -0.15) is 0 Å². The molecule has 0 fully saturated rings. The van der Waals surface area contributed by atoms with Crippen LogP contribution in [0.2, 0.25) is 15.1 Å². The number of nitrogens with zero attached hydrogens (tertiary/aromatic N) is 1. The molecule has 1 N–H and O–H groups in total. The molecule has 0 aliphatic heterocycles. The molecule has 8 heteroatoms. The zero-order valence-electron chi connectivity index (χ0n) is 18.5. The summed E-state index contributed by atoms with van der Waals surface area (Å²) in [5, 5.41) is 4.64. The standard InChI is InChI=1S/C24H29Cl3N2O2S/c1-4-22(24(31)28-16(2)3)29(15-17-7-8-19(26)14-21(17)27)23(30)6-5-13-32-20-11-9-18(25)10-12-20/h7-12,14,16,22H,4-6,13,15H2,1-3H3,(H,28,31). The molecular weight excluding hydrogens is 487 g/mol. The van der Waals surface area contributed by atoms with Crippen LogP contribution >= 0.6 is 46.6 Å².